The second kappa shape index (κ2) is 10.4. The van der Waals surface area contributed by atoms with E-state index in [1.54, 1.807) is 0 Å². The maximum absolute atomic E-state index is 13.5. The average Bonchev–Trinajstić information content (AvgIpc) is 2.72. The van der Waals surface area contributed by atoms with Crippen molar-refractivity contribution in [3.05, 3.63) is 59.4 Å². The van der Waals surface area contributed by atoms with Gasteiger partial charge in [-0.15, -0.1) is 0 Å². The van der Waals surface area contributed by atoms with Crippen molar-refractivity contribution in [1.82, 2.24) is 5.32 Å². The van der Waals surface area contributed by atoms with Crippen LogP contribution in [-0.4, -0.2) is 37.0 Å². The van der Waals surface area contributed by atoms with Crippen LogP contribution in [0, 0.1) is 17.5 Å². The molecule has 0 saturated heterocycles. The molecule has 0 aliphatic rings. The summed E-state index contributed by atoms with van der Waals surface area (Å²) in [4.78, 5) is 35.7. The second-order valence-corrected chi connectivity index (χ2v) is 5.94. The smallest absolute Gasteiger partial charge is 0.387 e. The molecule has 1 atom stereocenters. The predicted molar refractivity (Wildman–Crippen MR) is 95.9 cm³/mol. The maximum Gasteiger partial charge on any atom is 0.387 e. The van der Waals surface area contributed by atoms with Gasteiger partial charge >= 0.3 is 12.6 Å². The zero-order valence-electron chi connectivity index (χ0n) is 15.8. The van der Waals surface area contributed by atoms with Crippen LogP contribution in [0.4, 0.5) is 27.6 Å². The molecule has 1 unspecified atom stereocenters. The van der Waals surface area contributed by atoms with Gasteiger partial charge in [-0.3, -0.25) is 9.59 Å². The highest BCUT2D eigenvalue weighted by Gasteiger charge is 2.20. The van der Waals surface area contributed by atoms with Gasteiger partial charge in [-0.1, -0.05) is 0 Å². The number of ether oxygens (including phenoxy) is 2. The standard InChI is InChI=1S/C19H15F5N2O5/c1-9(30-18(29)10-2-4-11(5-3-10)31-19(23)24)17(28)25-8-14(27)26-13-7-6-12(20)15(21)16(13)22/h2-7,9,19H,8H2,1H3,(H,25,28)(H,26,27). The number of rotatable bonds is 8. The minimum atomic E-state index is -3.03. The summed E-state index contributed by atoms with van der Waals surface area (Å²) in [6, 6.07) is 5.92. The van der Waals surface area contributed by atoms with E-state index < -0.39 is 60.2 Å². The van der Waals surface area contributed by atoms with Crippen LogP contribution < -0.4 is 15.4 Å². The van der Waals surface area contributed by atoms with Gasteiger partial charge in [0.15, 0.2) is 23.6 Å². The molecular formula is C19H15F5N2O5. The third kappa shape index (κ3) is 6.66. The Morgan fingerprint density at radius 1 is 0.968 bits per heavy atom. The quantitative estimate of drug-likeness (QED) is 0.370. The van der Waals surface area contributed by atoms with E-state index >= 15 is 0 Å². The van der Waals surface area contributed by atoms with Gasteiger partial charge < -0.3 is 20.1 Å². The summed E-state index contributed by atoms with van der Waals surface area (Å²) in [5, 5.41) is 4.06. The second-order valence-electron chi connectivity index (χ2n) is 5.94. The summed E-state index contributed by atoms with van der Waals surface area (Å²) in [6.07, 6.45) is -1.35. The molecule has 0 saturated carbocycles. The van der Waals surface area contributed by atoms with Crippen molar-refractivity contribution in [2.24, 2.45) is 0 Å². The van der Waals surface area contributed by atoms with E-state index in [0.717, 1.165) is 30.3 Å². The number of esters is 1. The van der Waals surface area contributed by atoms with E-state index in [-0.39, 0.29) is 11.3 Å². The summed E-state index contributed by atoms with van der Waals surface area (Å²) in [6.45, 7) is -2.51. The fraction of sp³-hybridized carbons (Fsp3) is 0.211. The molecule has 0 radical (unpaired) electrons. The Hall–Kier alpha value is -3.70. The zero-order valence-corrected chi connectivity index (χ0v) is 15.8. The molecule has 0 bridgehead atoms. The third-order valence-corrected chi connectivity index (χ3v) is 3.70. The Morgan fingerprint density at radius 2 is 1.61 bits per heavy atom. The van der Waals surface area contributed by atoms with Gasteiger partial charge in [0, 0.05) is 0 Å². The Labute approximate surface area is 172 Å². The lowest BCUT2D eigenvalue weighted by Gasteiger charge is -2.14. The molecule has 2 N–H and O–H groups in total. The van der Waals surface area contributed by atoms with Gasteiger partial charge in [0.1, 0.15) is 5.75 Å². The number of hydrogen-bond acceptors (Lipinski definition) is 5. The van der Waals surface area contributed by atoms with Gasteiger partial charge in [-0.05, 0) is 43.3 Å². The summed E-state index contributed by atoms with van der Waals surface area (Å²) in [5.74, 6) is -7.77. The largest absolute Gasteiger partial charge is 0.449 e. The van der Waals surface area contributed by atoms with Crippen LogP contribution in [0.1, 0.15) is 17.3 Å². The lowest BCUT2D eigenvalue weighted by molar-refractivity contribution is -0.130. The summed E-state index contributed by atoms with van der Waals surface area (Å²) in [5.41, 5.74) is -0.676. The highest BCUT2D eigenvalue weighted by molar-refractivity contribution is 5.96. The zero-order chi connectivity index (χ0) is 23.1. The first-order valence-electron chi connectivity index (χ1n) is 8.55. The summed E-state index contributed by atoms with van der Waals surface area (Å²) in [7, 11) is 0. The van der Waals surface area contributed by atoms with E-state index in [9.17, 15) is 36.3 Å². The first-order chi connectivity index (χ1) is 14.6. The van der Waals surface area contributed by atoms with E-state index in [1.807, 2.05) is 5.32 Å². The molecule has 2 aromatic carbocycles. The lowest BCUT2D eigenvalue weighted by Crippen LogP contribution is -2.40. The molecule has 31 heavy (non-hydrogen) atoms. The number of benzene rings is 2. The van der Waals surface area contributed by atoms with Gasteiger partial charge in [0.2, 0.25) is 5.91 Å². The Kier molecular flexibility index (Phi) is 7.88. The number of carbonyl (C=O) groups is 3. The molecule has 7 nitrogen and oxygen atoms in total. The molecular weight excluding hydrogens is 431 g/mol. The molecule has 2 rings (SSSR count). The first kappa shape index (κ1) is 23.6. The van der Waals surface area contributed by atoms with E-state index in [1.165, 1.54) is 6.92 Å². The number of carbonyl (C=O) groups excluding carboxylic acids is 3. The SMILES string of the molecule is CC(OC(=O)c1ccc(OC(F)F)cc1)C(=O)NCC(=O)Nc1ccc(F)c(F)c1F. The molecule has 0 aliphatic heterocycles. The first-order valence-corrected chi connectivity index (χ1v) is 8.55. The number of halogens is 5. The number of hydrogen-bond donors (Lipinski definition) is 2. The molecule has 2 aromatic rings. The van der Waals surface area contributed by atoms with Crippen LogP contribution in [0.15, 0.2) is 36.4 Å². The van der Waals surface area contributed by atoms with Gasteiger partial charge in [-0.2, -0.15) is 8.78 Å². The van der Waals surface area contributed by atoms with Gasteiger partial charge in [0.05, 0.1) is 17.8 Å². The molecule has 0 spiro atoms. The van der Waals surface area contributed by atoms with Crippen LogP contribution in [0.3, 0.4) is 0 Å². The molecule has 0 aliphatic carbocycles. The molecule has 2 amide bonds. The summed E-state index contributed by atoms with van der Waals surface area (Å²) < 4.78 is 72.8. The van der Waals surface area contributed by atoms with Crippen molar-refractivity contribution < 1.29 is 45.8 Å². The monoisotopic (exact) mass is 446 g/mol. The maximum atomic E-state index is 13.5. The molecule has 0 aromatic heterocycles. The summed E-state index contributed by atoms with van der Waals surface area (Å²) >= 11 is 0. The fourth-order valence-corrected chi connectivity index (χ4v) is 2.18. The minimum absolute atomic E-state index is 0.0483. The van der Waals surface area contributed by atoms with Crippen LogP contribution >= 0.6 is 0 Å². The van der Waals surface area contributed by atoms with Crippen LogP contribution in [0.25, 0.3) is 0 Å². The fourth-order valence-electron chi connectivity index (χ4n) is 2.18. The average molecular weight is 446 g/mol. The van der Waals surface area contributed by atoms with Crippen LogP contribution in [0.2, 0.25) is 0 Å². The number of anilines is 1. The highest BCUT2D eigenvalue weighted by atomic mass is 19.3. The molecule has 0 heterocycles. The number of alkyl halides is 2. The molecule has 166 valence electrons. The van der Waals surface area contributed by atoms with Crippen LogP contribution in [0.5, 0.6) is 5.75 Å². The number of nitrogens with one attached hydrogen (secondary N) is 2. The minimum Gasteiger partial charge on any atom is -0.449 e. The lowest BCUT2D eigenvalue weighted by atomic mass is 10.2. The number of amides is 2. The van der Waals surface area contributed by atoms with Crippen molar-refractivity contribution in [2.45, 2.75) is 19.6 Å². The molecule has 0 fully saturated rings. The topological polar surface area (TPSA) is 93.7 Å². The van der Waals surface area contributed by atoms with Crippen molar-refractivity contribution in [1.29, 1.82) is 0 Å². The Balaban J connectivity index is 1.84. The molecule has 12 heteroatoms. The van der Waals surface area contributed by atoms with Crippen LogP contribution in [-0.2, 0) is 14.3 Å². The van der Waals surface area contributed by atoms with Gasteiger partial charge in [0.25, 0.3) is 5.91 Å². The normalized spacial score (nSPS) is 11.6. The van der Waals surface area contributed by atoms with E-state index in [0.29, 0.717) is 6.07 Å². The van der Waals surface area contributed by atoms with E-state index in [2.05, 4.69) is 10.1 Å². The van der Waals surface area contributed by atoms with Crippen molar-refractivity contribution in [3.63, 3.8) is 0 Å². The van der Waals surface area contributed by atoms with Crippen molar-refractivity contribution in [3.8, 4) is 5.75 Å². The van der Waals surface area contributed by atoms with Gasteiger partial charge in [-0.25, -0.2) is 18.0 Å². The predicted octanol–water partition coefficient (Wildman–Crippen LogP) is 3.01. The Bertz CT molecular complexity index is 969. The third-order valence-electron chi connectivity index (χ3n) is 3.70. The highest BCUT2D eigenvalue weighted by Crippen LogP contribution is 2.19. The van der Waals surface area contributed by atoms with Crippen molar-refractivity contribution in [2.75, 3.05) is 11.9 Å². The van der Waals surface area contributed by atoms with E-state index in [4.69, 9.17) is 4.74 Å². The Morgan fingerprint density at radius 3 is 2.23 bits per heavy atom. The van der Waals surface area contributed by atoms with Crippen molar-refractivity contribution >= 4 is 23.5 Å².